The Hall–Kier alpha value is -3.09. The third-order valence-corrected chi connectivity index (χ3v) is 3.71. The summed E-state index contributed by atoms with van der Waals surface area (Å²) in [5.41, 5.74) is 1.15. The van der Waals surface area contributed by atoms with Crippen LogP contribution >= 0.6 is 0 Å². The molecule has 25 heavy (non-hydrogen) atoms. The van der Waals surface area contributed by atoms with Crippen LogP contribution in [0.5, 0.6) is 0 Å². The number of amides is 1. The zero-order valence-electron chi connectivity index (χ0n) is 13.0. The summed E-state index contributed by atoms with van der Waals surface area (Å²) in [5.74, 6) is 0.240. The van der Waals surface area contributed by atoms with Gasteiger partial charge in [0.15, 0.2) is 0 Å². The molecule has 128 valence electrons. The molecule has 2 aromatic heterocycles. The number of aromatic nitrogens is 2. The second-order valence-electron chi connectivity index (χ2n) is 5.33. The standard InChI is InChI=1S/C18H14F3N3O/c1-2-16(25)22-11-15-23-17(14-5-3-4-10-24(14)15)12-6-8-13(9-7-12)18(19,20)21/h2-10H,1,11H2,(H,22,25). The number of carbonyl (C=O) groups is 1. The Morgan fingerprint density at radius 3 is 2.56 bits per heavy atom. The number of imidazole rings is 1. The topological polar surface area (TPSA) is 46.4 Å². The highest BCUT2D eigenvalue weighted by Crippen LogP contribution is 2.32. The average Bonchev–Trinajstić information content (AvgIpc) is 2.98. The average molecular weight is 345 g/mol. The van der Waals surface area contributed by atoms with Crippen LogP contribution in [0.1, 0.15) is 11.4 Å². The number of halogens is 3. The van der Waals surface area contributed by atoms with Gasteiger partial charge >= 0.3 is 6.18 Å². The zero-order chi connectivity index (χ0) is 18.0. The molecule has 0 saturated carbocycles. The quantitative estimate of drug-likeness (QED) is 0.731. The summed E-state index contributed by atoms with van der Waals surface area (Å²) in [6, 6.07) is 10.3. The van der Waals surface area contributed by atoms with Crippen LogP contribution in [0.2, 0.25) is 0 Å². The van der Waals surface area contributed by atoms with Gasteiger partial charge < -0.3 is 9.72 Å². The second kappa shape index (κ2) is 6.43. The van der Waals surface area contributed by atoms with E-state index in [1.807, 2.05) is 18.2 Å². The number of hydrogen-bond donors (Lipinski definition) is 1. The first-order valence-corrected chi connectivity index (χ1v) is 7.44. The maximum absolute atomic E-state index is 12.7. The Morgan fingerprint density at radius 1 is 1.20 bits per heavy atom. The Kier molecular flexibility index (Phi) is 4.31. The molecular formula is C18H14F3N3O. The molecule has 1 aromatic carbocycles. The van der Waals surface area contributed by atoms with Gasteiger partial charge in [0.25, 0.3) is 0 Å². The third kappa shape index (κ3) is 3.40. The molecule has 3 aromatic rings. The van der Waals surface area contributed by atoms with Crippen LogP contribution in [0.25, 0.3) is 16.8 Å². The van der Waals surface area contributed by atoms with Crippen molar-refractivity contribution in [3.8, 4) is 11.3 Å². The zero-order valence-corrected chi connectivity index (χ0v) is 13.0. The molecule has 0 atom stereocenters. The van der Waals surface area contributed by atoms with Gasteiger partial charge in [-0.25, -0.2) is 4.98 Å². The van der Waals surface area contributed by atoms with Crippen LogP contribution in [-0.2, 0) is 17.5 Å². The lowest BCUT2D eigenvalue weighted by Gasteiger charge is -2.06. The van der Waals surface area contributed by atoms with E-state index in [1.165, 1.54) is 12.1 Å². The van der Waals surface area contributed by atoms with Crippen LogP contribution < -0.4 is 5.32 Å². The van der Waals surface area contributed by atoms with Crippen molar-refractivity contribution in [2.24, 2.45) is 0 Å². The van der Waals surface area contributed by atoms with Gasteiger partial charge in [-0.2, -0.15) is 13.2 Å². The van der Waals surface area contributed by atoms with Crippen LogP contribution in [0.4, 0.5) is 13.2 Å². The molecule has 1 N–H and O–H groups in total. The molecule has 2 heterocycles. The van der Waals surface area contributed by atoms with Gasteiger partial charge in [-0.3, -0.25) is 4.79 Å². The predicted octanol–water partition coefficient (Wildman–Crippen LogP) is 3.82. The third-order valence-electron chi connectivity index (χ3n) is 3.71. The first kappa shape index (κ1) is 16.8. The molecule has 0 radical (unpaired) electrons. The van der Waals surface area contributed by atoms with E-state index >= 15 is 0 Å². The number of carbonyl (C=O) groups excluding carboxylic acids is 1. The highest BCUT2D eigenvalue weighted by atomic mass is 19.4. The van der Waals surface area contributed by atoms with Gasteiger partial charge in [0, 0.05) is 11.8 Å². The SMILES string of the molecule is C=CC(=O)NCc1nc(-c2ccc(C(F)(F)F)cc2)c2ccccn12. The van der Waals surface area contributed by atoms with Gasteiger partial charge in [0.1, 0.15) is 5.82 Å². The lowest BCUT2D eigenvalue weighted by molar-refractivity contribution is -0.137. The van der Waals surface area contributed by atoms with Crippen molar-refractivity contribution in [2.45, 2.75) is 12.7 Å². The fourth-order valence-corrected chi connectivity index (χ4v) is 2.49. The fourth-order valence-electron chi connectivity index (χ4n) is 2.49. The molecule has 0 fully saturated rings. The number of pyridine rings is 1. The number of benzene rings is 1. The predicted molar refractivity (Wildman–Crippen MR) is 87.7 cm³/mol. The van der Waals surface area contributed by atoms with Crippen LogP contribution in [0.15, 0.2) is 61.3 Å². The minimum atomic E-state index is -4.38. The Balaban J connectivity index is 2.01. The van der Waals surface area contributed by atoms with E-state index in [0.717, 1.165) is 23.7 Å². The number of nitrogens with zero attached hydrogens (tertiary/aromatic N) is 2. The monoisotopic (exact) mass is 345 g/mol. The highest BCUT2D eigenvalue weighted by Gasteiger charge is 2.30. The van der Waals surface area contributed by atoms with Crippen molar-refractivity contribution in [1.82, 2.24) is 14.7 Å². The summed E-state index contributed by atoms with van der Waals surface area (Å²) in [5, 5.41) is 2.65. The molecule has 0 aliphatic rings. The molecule has 0 aliphatic carbocycles. The molecule has 4 nitrogen and oxygen atoms in total. The maximum Gasteiger partial charge on any atom is 0.416 e. The highest BCUT2D eigenvalue weighted by molar-refractivity contribution is 5.86. The van der Waals surface area contributed by atoms with Gasteiger partial charge in [-0.1, -0.05) is 24.8 Å². The normalized spacial score (nSPS) is 11.5. The van der Waals surface area contributed by atoms with E-state index in [0.29, 0.717) is 17.1 Å². The van der Waals surface area contributed by atoms with Crippen molar-refractivity contribution in [2.75, 3.05) is 0 Å². The molecule has 3 rings (SSSR count). The van der Waals surface area contributed by atoms with E-state index < -0.39 is 11.7 Å². The Labute approximate surface area is 141 Å². The molecule has 0 unspecified atom stereocenters. The molecule has 0 aliphatic heterocycles. The van der Waals surface area contributed by atoms with E-state index in [2.05, 4.69) is 16.9 Å². The van der Waals surface area contributed by atoms with Crippen LogP contribution in [0.3, 0.4) is 0 Å². The number of alkyl halides is 3. The summed E-state index contributed by atoms with van der Waals surface area (Å²) < 4.78 is 40.0. The van der Waals surface area contributed by atoms with Gasteiger partial charge in [-0.15, -0.1) is 0 Å². The summed E-state index contributed by atoms with van der Waals surface area (Å²) in [6.07, 6.45) is -1.44. The fraction of sp³-hybridized carbons (Fsp3) is 0.111. The van der Waals surface area contributed by atoms with Crippen molar-refractivity contribution in [3.63, 3.8) is 0 Å². The minimum Gasteiger partial charge on any atom is -0.345 e. The molecule has 7 heteroatoms. The number of hydrogen-bond acceptors (Lipinski definition) is 2. The van der Waals surface area contributed by atoms with Gasteiger partial charge in [0.05, 0.1) is 23.3 Å². The van der Waals surface area contributed by atoms with Crippen molar-refractivity contribution >= 4 is 11.4 Å². The first-order valence-electron chi connectivity index (χ1n) is 7.44. The molecule has 1 amide bonds. The van der Waals surface area contributed by atoms with Crippen molar-refractivity contribution in [3.05, 3.63) is 72.7 Å². The molecule has 0 spiro atoms. The van der Waals surface area contributed by atoms with Crippen molar-refractivity contribution < 1.29 is 18.0 Å². The lowest BCUT2D eigenvalue weighted by atomic mass is 10.1. The first-order chi connectivity index (χ1) is 11.9. The number of fused-ring (bicyclic) bond motifs is 1. The van der Waals surface area contributed by atoms with Crippen molar-refractivity contribution in [1.29, 1.82) is 0 Å². The van der Waals surface area contributed by atoms with Gasteiger partial charge in [0.2, 0.25) is 5.91 Å². The summed E-state index contributed by atoms with van der Waals surface area (Å²) in [4.78, 5) is 15.8. The summed E-state index contributed by atoms with van der Waals surface area (Å²) >= 11 is 0. The summed E-state index contributed by atoms with van der Waals surface area (Å²) in [6.45, 7) is 3.56. The number of nitrogens with one attached hydrogen (secondary N) is 1. The van der Waals surface area contributed by atoms with Crippen LogP contribution in [0, 0.1) is 0 Å². The summed E-state index contributed by atoms with van der Waals surface area (Å²) in [7, 11) is 0. The number of rotatable bonds is 4. The smallest absolute Gasteiger partial charge is 0.345 e. The van der Waals surface area contributed by atoms with Gasteiger partial charge in [-0.05, 0) is 30.3 Å². The van der Waals surface area contributed by atoms with Crippen LogP contribution in [-0.4, -0.2) is 15.3 Å². The molecule has 0 bridgehead atoms. The van der Waals surface area contributed by atoms with E-state index in [4.69, 9.17) is 0 Å². The minimum absolute atomic E-state index is 0.177. The van der Waals surface area contributed by atoms with E-state index in [9.17, 15) is 18.0 Å². The largest absolute Gasteiger partial charge is 0.416 e. The Morgan fingerprint density at radius 2 is 1.92 bits per heavy atom. The van der Waals surface area contributed by atoms with E-state index in [-0.39, 0.29) is 12.5 Å². The lowest BCUT2D eigenvalue weighted by Crippen LogP contribution is -2.21. The Bertz CT molecular complexity index is 927. The van der Waals surface area contributed by atoms with E-state index in [1.54, 1.807) is 10.6 Å². The maximum atomic E-state index is 12.7. The molecule has 0 saturated heterocycles. The molecular weight excluding hydrogens is 331 g/mol. The second-order valence-corrected chi connectivity index (χ2v) is 5.33.